The Bertz CT molecular complexity index is 614. The number of ether oxygens (including phenoxy) is 1. The lowest BCUT2D eigenvalue weighted by Crippen LogP contribution is -2.40. The van der Waals surface area contributed by atoms with E-state index >= 15 is 0 Å². The highest BCUT2D eigenvalue weighted by molar-refractivity contribution is 5.78. The van der Waals surface area contributed by atoms with Gasteiger partial charge in [-0.15, -0.1) is 0 Å². The summed E-state index contributed by atoms with van der Waals surface area (Å²) in [4.78, 5) is 14.6. The summed E-state index contributed by atoms with van der Waals surface area (Å²) in [5.74, 6) is -2.98. The highest BCUT2D eigenvalue weighted by Gasteiger charge is 2.37. The number of hydrogen-bond acceptors (Lipinski definition) is 3. The summed E-state index contributed by atoms with van der Waals surface area (Å²) in [7, 11) is 0. The first-order chi connectivity index (χ1) is 12.4. The van der Waals surface area contributed by atoms with Crippen LogP contribution in [0.25, 0.3) is 0 Å². The molecule has 26 heavy (non-hydrogen) atoms. The Balaban J connectivity index is 1.48. The molecule has 1 saturated carbocycles. The maximum atomic E-state index is 13.2. The predicted molar refractivity (Wildman–Crippen MR) is 95.9 cm³/mol. The van der Waals surface area contributed by atoms with Crippen LogP contribution in [-0.2, 0) is 22.6 Å². The summed E-state index contributed by atoms with van der Waals surface area (Å²) in [5, 5.41) is 2.92. The molecule has 1 aliphatic carbocycles. The van der Waals surface area contributed by atoms with E-state index in [1.165, 1.54) is 5.56 Å². The van der Waals surface area contributed by atoms with Gasteiger partial charge in [0, 0.05) is 44.9 Å². The predicted octanol–water partition coefficient (Wildman–Crippen LogP) is 3.35. The van der Waals surface area contributed by atoms with E-state index in [0.29, 0.717) is 6.54 Å². The van der Waals surface area contributed by atoms with E-state index in [4.69, 9.17) is 4.74 Å². The minimum Gasteiger partial charge on any atom is -0.376 e. The van der Waals surface area contributed by atoms with E-state index in [-0.39, 0.29) is 43.6 Å². The second kappa shape index (κ2) is 8.44. The largest absolute Gasteiger partial charge is 0.376 e. The maximum Gasteiger partial charge on any atom is 0.248 e. The van der Waals surface area contributed by atoms with Crippen molar-refractivity contribution in [3.05, 3.63) is 35.4 Å². The van der Waals surface area contributed by atoms with Crippen LogP contribution in [0.1, 0.15) is 43.7 Å². The maximum absolute atomic E-state index is 13.2. The van der Waals surface area contributed by atoms with Gasteiger partial charge in [0.25, 0.3) is 0 Å². The van der Waals surface area contributed by atoms with Crippen LogP contribution in [0.5, 0.6) is 0 Å². The number of nitrogens with zero attached hydrogens (tertiary/aromatic N) is 1. The fourth-order valence-electron chi connectivity index (χ4n) is 3.77. The van der Waals surface area contributed by atoms with Gasteiger partial charge in [0.2, 0.25) is 11.8 Å². The second-order valence-corrected chi connectivity index (χ2v) is 7.58. The van der Waals surface area contributed by atoms with E-state index in [1.807, 2.05) is 12.1 Å². The van der Waals surface area contributed by atoms with E-state index in [9.17, 15) is 13.6 Å². The van der Waals surface area contributed by atoms with Crippen LogP contribution in [0.15, 0.2) is 24.3 Å². The number of halogens is 2. The minimum atomic E-state index is -2.60. The standard InChI is InChI=1S/C20H28F2N2O2/c1-15-13-24(9-10-26-15)14-17-4-2-3-16(11-17)12-23-19(25)18-5-7-20(21,22)8-6-18/h2-4,11,15,18H,5-10,12-14H2,1H3,(H,23,25). The number of amides is 1. The molecule has 144 valence electrons. The molecule has 2 aliphatic rings. The summed E-state index contributed by atoms with van der Waals surface area (Å²) in [6.07, 6.45) is 0.438. The Morgan fingerprint density at radius 1 is 1.31 bits per heavy atom. The molecule has 2 fully saturated rings. The normalized spacial score (nSPS) is 24.3. The molecule has 1 aromatic rings. The van der Waals surface area contributed by atoms with Gasteiger partial charge in [-0.05, 0) is 30.9 Å². The van der Waals surface area contributed by atoms with Gasteiger partial charge in [0.15, 0.2) is 0 Å². The molecule has 0 aromatic heterocycles. The highest BCUT2D eigenvalue weighted by atomic mass is 19.3. The zero-order valence-corrected chi connectivity index (χ0v) is 15.3. The van der Waals surface area contributed by atoms with Gasteiger partial charge in [0.1, 0.15) is 0 Å². The van der Waals surface area contributed by atoms with Crippen LogP contribution >= 0.6 is 0 Å². The SMILES string of the molecule is CC1CN(Cc2cccc(CNC(=O)C3CCC(F)(F)CC3)c2)CCO1. The Hall–Kier alpha value is -1.53. The first-order valence-corrected chi connectivity index (χ1v) is 9.49. The Morgan fingerprint density at radius 2 is 2.04 bits per heavy atom. The lowest BCUT2D eigenvalue weighted by molar-refractivity contribution is -0.129. The number of carbonyl (C=O) groups is 1. The smallest absolute Gasteiger partial charge is 0.248 e. The van der Waals surface area contributed by atoms with Gasteiger partial charge in [-0.1, -0.05) is 24.3 Å². The topological polar surface area (TPSA) is 41.6 Å². The molecule has 4 nitrogen and oxygen atoms in total. The number of morpholine rings is 1. The van der Waals surface area contributed by atoms with E-state index < -0.39 is 5.92 Å². The fourth-order valence-corrected chi connectivity index (χ4v) is 3.77. The quantitative estimate of drug-likeness (QED) is 0.869. The van der Waals surface area contributed by atoms with Crippen LogP contribution in [0.3, 0.4) is 0 Å². The van der Waals surface area contributed by atoms with Crippen LogP contribution in [0, 0.1) is 5.92 Å². The van der Waals surface area contributed by atoms with Gasteiger partial charge >= 0.3 is 0 Å². The lowest BCUT2D eigenvalue weighted by Gasteiger charge is -2.31. The zero-order valence-electron chi connectivity index (χ0n) is 15.3. The molecule has 3 rings (SSSR count). The molecule has 0 bridgehead atoms. The highest BCUT2D eigenvalue weighted by Crippen LogP contribution is 2.36. The number of benzene rings is 1. The van der Waals surface area contributed by atoms with Crippen molar-refractivity contribution < 1.29 is 18.3 Å². The molecule has 0 radical (unpaired) electrons. The second-order valence-electron chi connectivity index (χ2n) is 7.58. The van der Waals surface area contributed by atoms with Crippen molar-refractivity contribution >= 4 is 5.91 Å². The molecular formula is C20H28F2N2O2. The lowest BCUT2D eigenvalue weighted by atomic mass is 9.86. The third-order valence-corrected chi connectivity index (χ3v) is 5.28. The van der Waals surface area contributed by atoms with Crippen LogP contribution in [-0.4, -0.2) is 42.5 Å². The minimum absolute atomic E-state index is 0.104. The average molecular weight is 366 g/mol. The van der Waals surface area contributed by atoms with Crippen LogP contribution < -0.4 is 5.32 Å². The van der Waals surface area contributed by atoms with Crippen molar-refractivity contribution in [1.82, 2.24) is 10.2 Å². The summed E-state index contributed by atoms with van der Waals surface area (Å²) >= 11 is 0. The number of nitrogens with one attached hydrogen (secondary N) is 1. The van der Waals surface area contributed by atoms with E-state index in [2.05, 4.69) is 29.3 Å². The third kappa shape index (κ3) is 5.48. The first kappa shape index (κ1) is 19.2. The third-order valence-electron chi connectivity index (χ3n) is 5.28. The van der Waals surface area contributed by atoms with Crippen molar-refractivity contribution in [3.8, 4) is 0 Å². The van der Waals surface area contributed by atoms with Gasteiger partial charge in [0.05, 0.1) is 12.7 Å². The number of hydrogen-bond donors (Lipinski definition) is 1. The van der Waals surface area contributed by atoms with Crippen molar-refractivity contribution in [2.75, 3.05) is 19.7 Å². The zero-order chi connectivity index (χ0) is 18.6. The van der Waals surface area contributed by atoms with E-state index in [0.717, 1.165) is 31.8 Å². The van der Waals surface area contributed by atoms with Crippen molar-refractivity contribution in [2.24, 2.45) is 5.92 Å². The number of rotatable bonds is 5. The van der Waals surface area contributed by atoms with Gasteiger partial charge in [-0.2, -0.15) is 0 Å². The monoisotopic (exact) mass is 366 g/mol. The summed E-state index contributed by atoms with van der Waals surface area (Å²) < 4.78 is 32.0. The summed E-state index contributed by atoms with van der Waals surface area (Å²) in [6.45, 7) is 6.01. The molecule has 1 heterocycles. The Morgan fingerprint density at radius 3 is 2.77 bits per heavy atom. The van der Waals surface area contributed by atoms with Crippen molar-refractivity contribution in [1.29, 1.82) is 0 Å². The molecule has 1 amide bonds. The average Bonchev–Trinajstić information content (AvgIpc) is 2.60. The molecule has 1 aliphatic heterocycles. The molecule has 1 aromatic carbocycles. The molecule has 0 spiro atoms. The van der Waals surface area contributed by atoms with Crippen LogP contribution in [0.4, 0.5) is 8.78 Å². The fraction of sp³-hybridized carbons (Fsp3) is 0.650. The van der Waals surface area contributed by atoms with Crippen LogP contribution in [0.2, 0.25) is 0 Å². The number of carbonyl (C=O) groups excluding carboxylic acids is 1. The Kier molecular flexibility index (Phi) is 6.24. The van der Waals surface area contributed by atoms with Crippen molar-refractivity contribution in [2.45, 2.75) is 57.7 Å². The molecule has 1 atom stereocenters. The van der Waals surface area contributed by atoms with E-state index in [1.54, 1.807) is 0 Å². The Labute approximate surface area is 153 Å². The van der Waals surface area contributed by atoms with Crippen molar-refractivity contribution in [3.63, 3.8) is 0 Å². The van der Waals surface area contributed by atoms with Gasteiger partial charge < -0.3 is 10.1 Å². The summed E-state index contributed by atoms with van der Waals surface area (Å²) in [6, 6.07) is 8.19. The summed E-state index contributed by atoms with van der Waals surface area (Å²) in [5.41, 5.74) is 2.25. The molecule has 6 heteroatoms. The first-order valence-electron chi connectivity index (χ1n) is 9.49. The van der Waals surface area contributed by atoms with Gasteiger partial charge in [-0.25, -0.2) is 8.78 Å². The molecular weight excluding hydrogens is 338 g/mol. The molecule has 1 N–H and O–H groups in total. The molecule has 1 unspecified atom stereocenters. The number of alkyl halides is 2. The molecule has 1 saturated heterocycles. The van der Waals surface area contributed by atoms with Gasteiger partial charge in [-0.3, -0.25) is 9.69 Å².